The fourth-order valence-corrected chi connectivity index (χ4v) is 3.50. The van der Waals surface area contributed by atoms with Gasteiger partial charge in [0.15, 0.2) is 11.2 Å². The zero-order valence-electron chi connectivity index (χ0n) is 13.9. The molecule has 0 aromatic heterocycles. The predicted octanol–water partition coefficient (Wildman–Crippen LogP) is 3.93. The summed E-state index contributed by atoms with van der Waals surface area (Å²) in [6, 6.07) is 11.8. The summed E-state index contributed by atoms with van der Waals surface area (Å²) in [5.41, 5.74) is 1.62. The monoisotopic (exact) mass is 417 g/mol. The summed E-state index contributed by atoms with van der Waals surface area (Å²) in [5.74, 6) is -0.497. The Balaban J connectivity index is 0.000000197. The molecule has 9 heteroatoms. The number of amides is 1. The van der Waals surface area contributed by atoms with E-state index in [1.807, 2.05) is 31.3 Å². The van der Waals surface area contributed by atoms with Crippen LogP contribution in [0.4, 0.5) is 10.1 Å². The second kappa shape index (κ2) is 9.99. The fourth-order valence-electron chi connectivity index (χ4n) is 2.25. The maximum Gasteiger partial charge on any atom is 0.211 e. The number of benzene rings is 2. The third-order valence-electron chi connectivity index (χ3n) is 3.68. The molecule has 2 aromatic rings. The van der Waals surface area contributed by atoms with Gasteiger partial charge in [-0.05, 0) is 42.3 Å². The van der Waals surface area contributed by atoms with Gasteiger partial charge < -0.3 is 5.32 Å². The second-order valence-corrected chi connectivity index (χ2v) is 7.70. The maximum absolute atomic E-state index is 12.5. The fraction of sp³-hybridized carbons (Fsp3) is 0.235. The van der Waals surface area contributed by atoms with Crippen LogP contribution in [-0.4, -0.2) is 28.5 Å². The van der Waals surface area contributed by atoms with Gasteiger partial charge in [0.2, 0.25) is 6.41 Å². The summed E-state index contributed by atoms with van der Waals surface area (Å²) in [6.45, 7) is 0.840. The smallest absolute Gasteiger partial charge is 0.211 e. The minimum absolute atomic E-state index is 0.00292. The first kappa shape index (κ1) is 20.8. The zero-order valence-corrected chi connectivity index (χ0v) is 16.2. The van der Waals surface area contributed by atoms with Crippen molar-refractivity contribution in [3.63, 3.8) is 0 Å². The molecule has 5 nitrogen and oxygen atoms in total. The Morgan fingerprint density at radius 2 is 1.96 bits per heavy atom. The molecule has 0 aliphatic carbocycles. The van der Waals surface area contributed by atoms with Crippen molar-refractivity contribution >= 4 is 46.5 Å². The number of nitrogens with one attached hydrogen (secondary N) is 2. The number of carbonyl (C=O) groups excluding carboxylic acids is 1. The highest BCUT2D eigenvalue weighted by molar-refractivity contribution is 7.80. The van der Waals surface area contributed by atoms with E-state index in [0.717, 1.165) is 23.6 Å². The lowest BCUT2D eigenvalue weighted by atomic mass is 10.1. The molecule has 1 aliphatic heterocycles. The van der Waals surface area contributed by atoms with Crippen LogP contribution in [0.1, 0.15) is 18.0 Å². The normalized spacial score (nSPS) is 20.0. The first-order chi connectivity index (χ1) is 12.4. The van der Waals surface area contributed by atoms with E-state index in [2.05, 4.69) is 10.0 Å². The largest absolute Gasteiger partial charge is 0.329 e. The molecule has 0 bridgehead atoms. The number of halogens is 3. The van der Waals surface area contributed by atoms with Crippen molar-refractivity contribution in [2.75, 3.05) is 18.9 Å². The molecule has 0 radical (unpaired) electrons. The van der Waals surface area contributed by atoms with Crippen molar-refractivity contribution in [3.05, 3.63) is 63.9 Å². The lowest BCUT2D eigenvalue weighted by Gasteiger charge is -2.29. The molecule has 0 spiro atoms. The molecular formula is C17H18Cl2FN3O2S. The van der Waals surface area contributed by atoms with Crippen LogP contribution in [-0.2, 0) is 16.0 Å². The number of hydrogen-bond donors (Lipinski definition) is 2. The van der Waals surface area contributed by atoms with Crippen molar-refractivity contribution in [2.45, 2.75) is 12.5 Å². The van der Waals surface area contributed by atoms with Gasteiger partial charge >= 0.3 is 0 Å². The van der Waals surface area contributed by atoms with Gasteiger partial charge in [0.25, 0.3) is 0 Å². The topological polar surface area (TPSA) is 61.4 Å². The summed E-state index contributed by atoms with van der Waals surface area (Å²) in [4.78, 5) is 9.92. The number of hydrogen-bond acceptors (Lipinski definition) is 2. The minimum Gasteiger partial charge on any atom is -0.329 e. The molecule has 1 aliphatic rings. The predicted molar refractivity (Wildman–Crippen MR) is 104 cm³/mol. The number of nitrogens with zero attached hydrogens (tertiary/aromatic N) is 1. The van der Waals surface area contributed by atoms with Crippen LogP contribution >= 0.6 is 23.2 Å². The van der Waals surface area contributed by atoms with Gasteiger partial charge in [0, 0.05) is 30.3 Å². The van der Waals surface area contributed by atoms with Gasteiger partial charge in [-0.15, -0.1) is 0 Å². The standard InChI is InChI=1S/C10H13ClN2OS.C7H5ClFNO/c1-13-7-6-10(12-15(13)14)8-2-4-9(11)5-3-8;8-6-3-5(10-4-11)1-2-7(6)9/h2-5,10,12H,6-7H2,1H3;1-4H,(H,10,11)/t10-,15?;/m0./s1. The Bertz CT molecular complexity index is 777. The molecule has 0 saturated carbocycles. The zero-order chi connectivity index (χ0) is 19.1. The summed E-state index contributed by atoms with van der Waals surface area (Å²) in [6.07, 6.45) is 1.47. The van der Waals surface area contributed by atoms with Crippen LogP contribution in [0.3, 0.4) is 0 Å². The van der Waals surface area contributed by atoms with E-state index in [-0.39, 0.29) is 11.1 Å². The van der Waals surface area contributed by atoms with Gasteiger partial charge in [0.1, 0.15) is 5.82 Å². The van der Waals surface area contributed by atoms with Gasteiger partial charge in [-0.2, -0.15) is 0 Å². The van der Waals surface area contributed by atoms with Crippen molar-refractivity contribution in [1.82, 2.24) is 9.03 Å². The average Bonchev–Trinajstić information content (AvgIpc) is 2.62. The highest BCUT2D eigenvalue weighted by Gasteiger charge is 2.22. The lowest BCUT2D eigenvalue weighted by Crippen LogP contribution is -2.41. The molecule has 1 unspecified atom stereocenters. The molecule has 26 heavy (non-hydrogen) atoms. The highest BCUT2D eigenvalue weighted by Crippen LogP contribution is 2.23. The Morgan fingerprint density at radius 1 is 1.27 bits per heavy atom. The Labute approximate surface area is 164 Å². The summed E-state index contributed by atoms with van der Waals surface area (Å²) < 4.78 is 28.9. The molecule has 140 valence electrons. The summed E-state index contributed by atoms with van der Waals surface area (Å²) >= 11 is 10.2. The Morgan fingerprint density at radius 3 is 2.54 bits per heavy atom. The van der Waals surface area contributed by atoms with Crippen LogP contribution in [0.5, 0.6) is 0 Å². The first-order valence-electron chi connectivity index (χ1n) is 7.70. The van der Waals surface area contributed by atoms with Crippen LogP contribution in [0.2, 0.25) is 10.0 Å². The summed E-state index contributed by atoms with van der Waals surface area (Å²) in [7, 11) is 1.85. The van der Waals surface area contributed by atoms with Crippen LogP contribution in [0.25, 0.3) is 0 Å². The van der Waals surface area contributed by atoms with Crippen molar-refractivity contribution in [3.8, 4) is 0 Å². The minimum atomic E-state index is -1.07. The molecule has 2 N–H and O–H groups in total. The van der Waals surface area contributed by atoms with E-state index in [1.54, 1.807) is 4.31 Å². The molecule has 2 aromatic carbocycles. The van der Waals surface area contributed by atoms with Crippen LogP contribution < -0.4 is 10.0 Å². The molecule has 2 atom stereocenters. The van der Waals surface area contributed by atoms with Gasteiger partial charge in [0.05, 0.1) is 5.02 Å². The van der Waals surface area contributed by atoms with Gasteiger partial charge in [-0.1, -0.05) is 35.3 Å². The Hall–Kier alpha value is -1.51. The maximum atomic E-state index is 12.5. The molecule has 1 amide bonds. The lowest BCUT2D eigenvalue weighted by molar-refractivity contribution is -0.105. The molecule has 1 heterocycles. The first-order valence-corrected chi connectivity index (χ1v) is 9.57. The number of rotatable bonds is 3. The van der Waals surface area contributed by atoms with E-state index in [1.165, 1.54) is 18.2 Å². The third kappa shape index (κ3) is 6.03. The SMILES string of the molecule is CN1CC[C@@H](c2ccc(Cl)cc2)NS1=O.O=CNc1ccc(F)c(Cl)c1. The van der Waals surface area contributed by atoms with E-state index < -0.39 is 17.0 Å². The van der Waals surface area contributed by atoms with E-state index >= 15 is 0 Å². The molecule has 3 rings (SSSR count). The third-order valence-corrected chi connectivity index (χ3v) is 5.45. The van der Waals surface area contributed by atoms with Crippen LogP contribution in [0, 0.1) is 5.82 Å². The molecule has 1 fully saturated rings. The van der Waals surface area contributed by atoms with Crippen molar-refractivity contribution < 1.29 is 13.4 Å². The van der Waals surface area contributed by atoms with Gasteiger partial charge in [-0.3, -0.25) is 4.79 Å². The highest BCUT2D eigenvalue weighted by atomic mass is 35.5. The van der Waals surface area contributed by atoms with Crippen molar-refractivity contribution in [1.29, 1.82) is 0 Å². The van der Waals surface area contributed by atoms with E-state index in [9.17, 15) is 13.4 Å². The van der Waals surface area contributed by atoms with Crippen LogP contribution in [0.15, 0.2) is 42.5 Å². The quantitative estimate of drug-likeness (QED) is 0.742. The van der Waals surface area contributed by atoms with Crippen molar-refractivity contribution in [2.24, 2.45) is 0 Å². The van der Waals surface area contributed by atoms with E-state index in [4.69, 9.17) is 23.2 Å². The van der Waals surface area contributed by atoms with Gasteiger partial charge in [-0.25, -0.2) is 17.6 Å². The second-order valence-electron chi connectivity index (χ2n) is 5.50. The number of anilines is 1. The Kier molecular flexibility index (Phi) is 7.99. The molecule has 1 saturated heterocycles. The molecular weight excluding hydrogens is 400 g/mol. The van der Waals surface area contributed by atoms with E-state index in [0.29, 0.717) is 12.1 Å². The average molecular weight is 418 g/mol. The number of carbonyl (C=O) groups is 1. The summed E-state index contributed by atoms with van der Waals surface area (Å²) in [5, 5.41) is 3.07.